The largest absolute Gasteiger partial charge is 0.416 e. The highest BCUT2D eigenvalue weighted by molar-refractivity contribution is 7.99. The molecule has 33 heavy (non-hydrogen) atoms. The second-order valence-electron chi connectivity index (χ2n) is 9.42. The number of anilines is 2. The molecule has 0 saturated carbocycles. The Hall–Kier alpha value is -1.70. The lowest BCUT2D eigenvalue weighted by Crippen LogP contribution is -2.44. The summed E-state index contributed by atoms with van der Waals surface area (Å²) in [7, 11) is 0. The summed E-state index contributed by atoms with van der Waals surface area (Å²) >= 11 is 1.56. The van der Waals surface area contributed by atoms with Crippen molar-refractivity contribution in [3.05, 3.63) is 48.0 Å². The molecule has 0 bridgehead atoms. The van der Waals surface area contributed by atoms with Gasteiger partial charge in [-0.05, 0) is 102 Å². The number of alkyl halides is 3. The van der Waals surface area contributed by atoms with E-state index in [2.05, 4.69) is 20.8 Å². The predicted octanol–water partition coefficient (Wildman–Crippen LogP) is 6.65. The lowest BCUT2D eigenvalue weighted by molar-refractivity contribution is -0.137. The van der Waals surface area contributed by atoms with Crippen molar-refractivity contribution in [2.75, 3.05) is 44.2 Å². The Kier molecular flexibility index (Phi) is 6.91. The maximum absolute atomic E-state index is 13.4. The monoisotopic (exact) mass is 475 g/mol. The molecule has 3 nitrogen and oxygen atoms in total. The van der Waals surface area contributed by atoms with Gasteiger partial charge in [0.15, 0.2) is 0 Å². The number of piperidine rings is 1. The minimum Gasteiger partial charge on any atom is -0.340 e. The van der Waals surface area contributed by atoms with Crippen molar-refractivity contribution in [2.45, 2.75) is 60.5 Å². The molecule has 2 aromatic carbocycles. The van der Waals surface area contributed by atoms with E-state index in [9.17, 15) is 13.2 Å². The second kappa shape index (κ2) is 9.88. The number of halogens is 3. The van der Waals surface area contributed by atoms with Crippen LogP contribution in [0.1, 0.15) is 44.1 Å². The van der Waals surface area contributed by atoms with Crippen LogP contribution in [0.25, 0.3) is 0 Å². The lowest BCUT2D eigenvalue weighted by Gasteiger charge is -2.37. The van der Waals surface area contributed by atoms with Crippen molar-refractivity contribution in [1.82, 2.24) is 9.80 Å². The third kappa shape index (κ3) is 5.20. The van der Waals surface area contributed by atoms with Crippen LogP contribution in [0.15, 0.2) is 52.3 Å². The van der Waals surface area contributed by atoms with Crippen LogP contribution in [0.4, 0.5) is 24.5 Å². The number of benzene rings is 2. The maximum Gasteiger partial charge on any atom is 0.416 e. The second-order valence-corrected chi connectivity index (χ2v) is 10.5. The van der Waals surface area contributed by atoms with E-state index in [1.807, 2.05) is 18.2 Å². The summed E-state index contributed by atoms with van der Waals surface area (Å²) in [5.41, 5.74) is 1.12. The van der Waals surface area contributed by atoms with Crippen LogP contribution in [0.2, 0.25) is 0 Å². The molecule has 3 heterocycles. The molecule has 0 atom stereocenters. The fraction of sp³-hybridized carbons (Fsp3) is 0.538. The summed E-state index contributed by atoms with van der Waals surface area (Å²) in [6, 6.07) is 12.9. The van der Waals surface area contributed by atoms with Gasteiger partial charge in [-0.25, -0.2) is 0 Å². The van der Waals surface area contributed by atoms with Gasteiger partial charge in [0.05, 0.1) is 16.9 Å². The fourth-order valence-electron chi connectivity index (χ4n) is 5.47. The van der Waals surface area contributed by atoms with E-state index < -0.39 is 11.7 Å². The van der Waals surface area contributed by atoms with Gasteiger partial charge in [0.25, 0.3) is 0 Å². The standard InChI is InChI=1S/C26H32F3N3S/c27-26(28,29)20-9-10-25-23(19-20)32(22-7-1-2-8-24(22)33-25)16-6-3-13-30-17-11-21(12-18-30)31-14-4-5-15-31/h1-2,7-10,19,21H,3-6,11-18H2. The van der Waals surface area contributed by atoms with Crippen molar-refractivity contribution < 1.29 is 13.2 Å². The highest BCUT2D eigenvalue weighted by Crippen LogP contribution is 2.49. The van der Waals surface area contributed by atoms with Crippen molar-refractivity contribution in [3.8, 4) is 0 Å². The van der Waals surface area contributed by atoms with E-state index >= 15 is 0 Å². The van der Waals surface area contributed by atoms with Crippen LogP contribution >= 0.6 is 11.8 Å². The van der Waals surface area contributed by atoms with Crippen LogP contribution in [-0.4, -0.2) is 55.1 Å². The molecule has 2 fully saturated rings. The van der Waals surface area contributed by atoms with Crippen LogP contribution in [0, 0.1) is 0 Å². The van der Waals surface area contributed by atoms with E-state index in [1.54, 1.807) is 17.8 Å². The topological polar surface area (TPSA) is 9.72 Å². The average molecular weight is 476 g/mol. The predicted molar refractivity (Wildman–Crippen MR) is 129 cm³/mol. The molecule has 0 amide bonds. The van der Waals surface area contributed by atoms with Gasteiger partial charge in [0.2, 0.25) is 0 Å². The summed E-state index contributed by atoms with van der Waals surface area (Å²) in [6.07, 6.45) is 2.94. The Morgan fingerprint density at radius 2 is 1.52 bits per heavy atom. The van der Waals surface area contributed by atoms with E-state index in [4.69, 9.17) is 0 Å². The number of para-hydroxylation sites is 1. The van der Waals surface area contributed by atoms with Gasteiger partial charge < -0.3 is 14.7 Å². The van der Waals surface area contributed by atoms with E-state index in [0.717, 1.165) is 47.5 Å². The Balaban J connectivity index is 1.20. The number of unbranched alkanes of at least 4 members (excludes halogenated alkanes) is 1. The molecule has 2 saturated heterocycles. The van der Waals surface area contributed by atoms with Crippen molar-refractivity contribution in [2.24, 2.45) is 0 Å². The smallest absolute Gasteiger partial charge is 0.340 e. The summed E-state index contributed by atoms with van der Waals surface area (Å²) < 4.78 is 40.2. The van der Waals surface area contributed by atoms with Gasteiger partial charge >= 0.3 is 6.18 Å². The molecule has 7 heteroatoms. The number of likely N-dealkylation sites (tertiary alicyclic amines) is 2. The van der Waals surface area contributed by atoms with Crippen molar-refractivity contribution in [1.29, 1.82) is 0 Å². The van der Waals surface area contributed by atoms with E-state index in [1.165, 1.54) is 64.0 Å². The number of fused-ring (bicyclic) bond motifs is 2. The normalized spacial score (nSPS) is 20.2. The minimum atomic E-state index is -4.33. The molecule has 0 radical (unpaired) electrons. The Labute approximate surface area is 198 Å². The number of nitrogens with zero attached hydrogens (tertiary/aromatic N) is 3. The van der Waals surface area contributed by atoms with E-state index in [0.29, 0.717) is 5.69 Å². The van der Waals surface area contributed by atoms with Gasteiger partial charge in [0.1, 0.15) is 0 Å². The van der Waals surface area contributed by atoms with Crippen LogP contribution < -0.4 is 4.90 Å². The lowest BCUT2D eigenvalue weighted by atomic mass is 10.0. The van der Waals surface area contributed by atoms with Crippen molar-refractivity contribution in [3.63, 3.8) is 0 Å². The SMILES string of the molecule is FC(F)(F)c1ccc2c(c1)N(CCCCN1CCC(N3CCCC3)CC1)c1ccccc1S2. The van der Waals surface area contributed by atoms with Gasteiger partial charge in [0, 0.05) is 22.4 Å². The zero-order valence-electron chi connectivity index (χ0n) is 19.0. The fourth-order valence-corrected chi connectivity index (χ4v) is 6.54. The molecule has 178 valence electrons. The number of hydrogen-bond acceptors (Lipinski definition) is 4. The first-order valence-corrected chi connectivity index (χ1v) is 13.0. The van der Waals surface area contributed by atoms with Crippen LogP contribution in [-0.2, 0) is 6.18 Å². The molecule has 0 unspecified atom stereocenters. The quantitative estimate of drug-likeness (QED) is 0.433. The zero-order chi connectivity index (χ0) is 22.8. The Morgan fingerprint density at radius 1 is 0.818 bits per heavy atom. The molecule has 0 aromatic heterocycles. The van der Waals surface area contributed by atoms with Gasteiger partial charge in [-0.15, -0.1) is 0 Å². The molecule has 3 aliphatic rings. The molecule has 2 aromatic rings. The first-order valence-electron chi connectivity index (χ1n) is 12.2. The van der Waals surface area contributed by atoms with Crippen LogP contribution in [0.3, 0.4) is 0 Å². The molecule has 0 aliphatic carbocycles. The third-order valence-corrected chi connectivity index (χ3v) is 8.40. The summed E-state index contributed by atoms with van der Waals surface area (Å²) in [5, 5.41) is 0. The number of rotatable bonds is 6. The Morgan fingerprint density at radius 3 is 2.27 bits per heavy atom. The molecule has 5 rings (SSSR count). The summed E-state index contributed by atoms with van der Waals surface area (Å²) in [6.45, 7) is 6.70. The molecule has 3 aliphatic heterocycles. The molecular formula is C26H32F3N3S. The van der Waals surface area contributed by atoms with Gasteiger partial charge in [-0.1, -0.05) is 23.9 Å². The highest BCUT2D eigenvalue weighted by atomic mass is 32.2. The minimum absolute atomic E-state index is 0.577. The van der Waals surface area contributed by atoms with Crippen molar-refractivity contribution >= 4 is 23.1 Å². The summed E-state index contributed by atoms with van der Waals surface area (Å²) in [4.78, 5) is 9.34. The van der Waals surface area contributed by atoms with E-state index in [-0.39, 0.29) is 0 Å². The van der Waals surface area contributed by atoms with Gasteiger partial charge in [-0.3, -0.25) is 0 Å². The van der Waals surface area contributed by atoms with Gasteiger partial charge in [-0.2, -0.15) is 13.2 Å². The third-order valence-electron chi connectivity index (χ3n) is 7.27. The highest BCUT2D eigenvalue weighted by Gasteiger charge is 2.33. The average Bonchev–Trinajstić information content (AvgIpc) is 3.35. The first kappa shape index (κ1) is 23.1. The van der Waals surface area contributed by atoms with Crippen LogP contribution in [0.5, 0.6) is 0 Å². The number of hydrogen-bond donors (Lipinski definition) is 0. The first-order chi connectivity index (χ1) is 16.0. The molecular weight excluding hydrogens is 443 g/mol. The molecule has 0 N–H and O–H groups in total. The maximum atomic E-state index is 13.4. The zero-order valence-corrected chi connectivity index (χ0v) is 19.8. The molecule has 0 spiro atoms. The summed E-state index contributed by atoms with van der Waals surface area (Å²) in [5.74, 6) is 0. The Bertz CT molecular complexity index is 950.